The van der Waals surface area contributed by atoms with Gasteiger partial charge in [-0.05, 0) is 82.2 Å². The van der Waals surface area contributed by atoms with Gasteiger partial charge in [0.15, 0.2) is 18.1 Å². The van der Waals surface area contributed by atoms with Crippen LogP contribution in [-0.4, -0.2) is 234 Å². The van der Waals surface area contributed by atoms with Crippen molar-refractivity contribution in [3.05, 3.63) is 47.4 Å². The molecule has 0 fully saturated rings. The summed E-state index contributed by atoms with van der Waals surface area (Å²) in [6.07, 6.45) is -8.19. The highest BCUT2D eigenvalue weighted by Gasteiger charge is 2.31. The number of benzene rings is 1. The second-order valence-electron chi connectivity index (χ2n) is 20.4. The van der Waals surface area contributed by atoms with Gasteiger partial charge in [-0.15, -0.1) is 0 Å². The van der Waals surface area contributed by atoms with Crippen molar-refractivity contribution in [1.82, 2.24) is 57.8 Å². The van der Waals surface area contributed by atoms with Crippen LogP contribution in [0.3, 0.4) is 0 Å². The molecule has 9 atom stereocenters. The van der Waals surface area contributed by atoms with Gasteiger partial charge in [-0.25, -0.2) is 9.97 Å². The van der Waals surface area contributed by atoms with E-state index in [1.807, 2.05) is 0 Å². The molecule has 0 aliphatic heterocycles. The minimum Gasteiger partial charge on any atom is -0.481 e. The number of aldehydes is 1. The minimum atomic E-state index is -1.72. The summed E-state index contributed by atoms with van der Waals surface area (Å²) in [6.45, 7) is -2.01. The quantitative estimate of drug-likeness (QED) is 0.00732. The van der Waals surface area contributed by atoms with E-state index in [2.05, 4.69) is 80.8 Å². The number of amides is 8. The molecule has 0 aliphatic rings. The molecule has 0 saturated carbocycles. The fourth-order valence-corrected chi connectivity index (χ4v) is 8.26. The molecule has 0 bridgehead atoms. The van der Waals surface area contributed by atoms with E-state index in [0.717, 1.165) is 0 Å². The zero-order valence-electron chi connectivity index (χ0n) is 49.4. The minimum absolute atomic E-state index is 0.0269. The SMILES string of the molecule is NC(N)=Nc1ncc(CNc2ccc(C(=O)NCCCC(=O)NC(CCC(=O)NCCC(O)CC(O)CO)C(=O)NC(CCC(=O)O)C(=O)NCC(=O)NC(CCC(=O)O)C(=O)NC(CCC(O)NCCC(O)CC(O)CO)C(=O)NCCS)cc2)nc1C=O. The number of hydrogen-bond acceptors (Lipinski definition) is 24. The lowest BCUT2D eigenvalue weighted by Gasteiger charge is -2.24. The first-order chi connectivity index (χ1) is 42.8. The Labute approximate surface area is 522 Å². The molecule has 0 radical (unpaired) electrons. The van der Waals surface area contributed by atoms with E-state index >= 15 is 0 Å². The third-order valence-electron chi connectivity index (χ3n) is 12.9. The third-order valence-corrected chi connectivity index (χ3v) is 13.1. The van der Waals surface area contributed by atoms with Crippen molar-refractivity contribution >= 4 is 95.6 Å². The Kier molecular flexibility index (Phi) is 37.6. The molecule has 1 aromatic carbocycles. The fraction of sp³-hybridized carbons (Fsp3) is 0.593. The predicted molar refractivity (Wildman–Crippen MR) is 322 cm³/mol. The number of anilines is 1. The van der Waals surface area contributed by atoms with Crippen molar-refractivity contribution in [2.24, 2.45) is 16.5 Å². The summed E-state index contributed by atoms with van der Waals surface area (Å²) in [4.78, 5) is 154. The Bertz CT molecular complexity index is 2680. The van der Waals surface area contributed by atoms with Gasteiger partial charge in [-0.3, -0.25) is 58.1 Å². The zero-order chi connectivity index (χ0) is 67.1. The number of aliphatic carboxylic acids is 2. The normalized spacial score (nSPS) is 14.0. The van der Waals surface area contributed by atoms with Gasteiger partial charge in [-0.1, -0.05) is 0 Å². The summed E-state index contributed by atoms with van der Waals surface area (Å²) in [7, 11) is 0. The first kappa shape index (κ1) is 77.9. The maximum atomic E-state index is 13.9. The highest BCUT2D eigenvalue weighted by atomic mass is 32.1. The maximum absolute atomic E-state index is 13.9. The number of hydrogen-bond donors (Lipinski definition) is 22. The number of thiol groups is 1. The number of carbonyl (C=O) groups is 11. The van der Waals surface area contributed by atoms with Crippen molar-refractivity contribution in [2.75, 3.05) is 57.0 Å². The highest BCUT2D eigenvalue weighted by Crippen LogP contribution is 2.15. The number of carboxylic acid groups (broad SMARTS) is 2. The highest BCUT2D eigenvalue weighted by molar-refractivity contribution is 7.80. The molecule has 9 unspecified atom stereocenters. The lowest BCUT2D eigenvalue weighted by Crippen LogP contribution is -2.56. The van der Waals surface area contributed by atoms with Crippen LogP contribution in [0.15, 0.2) is 35.5 Å². The average molecular weight is 1300 g/mol. The third kappa shape index (κ3) is 33.4. The summed E-state index contributed by atoms with van der Waals surface area (Å²) in [6, 6.07) is -0.0741. The van der Waals surface area contributed by atoms with Gasteiger partial charge in [0, 0.05) is 75.2 Å². The molecule has 0 saturated heterocycles. The number of aliphatic hydroxyl groups excluding tert-OH is 7. The van der Waals surface area contributed by atoms with Crippen LogP contribution in [0.2, 0.25) is 0 Å². The van der Waals surface area contributed by atoms with Crippen molar-refractivity contribution < 1.29 is 98.7 Å². The molecule has 36 heteroatoms. The van der Waals surface area contributed by atoms with Crippen LogP contribution in [0.4, 0.5) is 11.5 Å². The van der Waals surface area contributed by atoms with Crippen LogP contribution in [0, 0.1) is 0 Å². The molecule has 23 N–H and O–H groups in total. The smallest absolute Gasteiger partial charge is 0.303 e. The van der Waals surface area contributed by atoms with Gasteiger partial charge < -0.3 is 105 Å². The van der Waals surface area contributed by atoms with Crippen molar-refractivity contribution in [2.45, 2.75) is 151 Å². The molecule has 0 aliphatic carbocycles. The number of carboxylic acids is 2. The molecule has 2 rings (SSSR count). The number of nitrogens with two attached hydrogens (primary N) is 2. The number of aliphatic hydroxyl groups is 7. The van der Waals surface area contributed by atoms with Crippen molar-refractivity contribution in [3.8, 4) is 0 Å². The molecule has 0 spiro atoms. The molecule has 1 heterocycles. The molecule has 1 aromatic heterocycles. The van der Waals surface area contributed by atoms with Crippen molar-refractivity contribution in [3.63, 3.8) is 0 Å². The van der Waals surface area contributed by atoms with Gasteiger partial charge >= 0.3 is 11.9 Å². The van der Waals surface area contributed by atoms with Crippen LogP contribution in [0.25, 0.3) is 0 Å². The summed E-state index contributed by atoms with van der Waals surface area (Å²) < 4.78 is 0. The second-order valence-corrected chi connectivity index (χ2v) is 20.9. The van der Waals surface area contributed by atoms with Gasteiger partial charge in [-0.2, -0.15) is 17.6 Å². The molecular formula is C54H85N15O20S. The molecule has 35 nitrogen and oxygen atoms in total. The number of carbonyl (C=O) groups excluding carboxylic acids is 9. The first-order valence-corrected chi connectivity index (χ1v) is 29.3. The van der Waals surface area contributed by atoms with E-state index < -0.39 is 172 Å². The number of nitrogens with one attached hydrogen (secondary N) is 10. The first-order valence-electron chi connectivity index (χ1n) is 28.7. The van der Waals surface area contributed by atoms with E-state index in [4.69, 9.17) is 21.7 Å². The van der Waals surface area contributed by atoms with Crippen LogP contribution < -0.4 is 64.6 Å². The topological polar surface area (TPSA) is 580 Å². The van der Waals surface area contributed by atoms with Gasteiger partial charge in [0.2, 0.25) is 41.4 Å². The number of guanidine groups is 1. The number of rotatable bonds is 47. The zero-order valence-corrected chi connectivity index (χ0v) is 50.3. The van der Waals surface area contributed by atoms with Gasteiger partial charge in [0.25, 0.3) is 5.91 Å². The van der Waals surface area contributed by atoms with E-state index in [0.29, 0.717) is 17.7 Å². The Hall–Kier alpha value is -8.23. The average Bonchev–Trinajstić information content (AvgIpc) is 2.40. The van der Waals surface area contributed by atoms with Crippen LogP contribution in [0.5, 0.6) is 0 Å². The molecule has 2 aromatic rings. The number of nitrogens with zero attached hydrogens (tertiary/aromatic N) is 3. The number of aliphatic imine (C=N–C) groups is 1. The van der Waals surface area contributed by atoms with Crippen LogP contribution in [-0.2, 0) is 49.7 Å². The lowest BCUT2D eigenvalue weighted by atomic mass is 10.1. The fourth-order valence-electron chi connectivity index (χ4n) is 8.15. The predicted octanol–water partition coefficient (Wildman–Crippen LogP) is -6.28. The molecule has 502 valence electrons. The maximum Gasteiger partial charge on any atom is 0.303 e. The summed E-state index contributed by atoms with van der Waals surface area (Å²) in [5, 5.41) is 112. The van der Waals surface area contributed by atoms with Gasteiger partial charge in [0.1, 0.15) is 36.1 Å². The number of aromatic nitrogens is 2. The van der Waals surface area contributed by atoms with E-state index in [9.17, 15) is 88.5 Å². The summed E-state index contributed by atoms with van der Waals surface area (Å²) in [5.74, 6) is -9.97. The monoisotopic (exact) mass is 1300 g/mol. The van der Waals surface area contributed by atoms with Gasteiger partial charge in [0.05, 0.1) is 62.6 Å². The van der Waals surface area contributed by atoms with Crippen LogP contribution in [0.1, 0.15) is 116 Å². The summed E-state index contributed by atoms with van der Waals surface area (Å²) >= 11 is 4.06. The standard InChI is InChI=1S/C54H85N15O20S/c55-54(56)69-48-41(29-72)64-32(25-62-48)24-61-31-5-3-30(4-6-31)49(85)59-17-1-2-44(79)65-39(8-12-43(78)58-19-16-34(74)23-36(76)28-71)52(88)68-38(9-13-46(81)82)51(87)63-26-45(80)66-40(10-14-47(83)84)53(89)67-37(50(86)60-20-21-90)7-11-42(77)57-18-15-33(73)22-35(75)27-70/h3-6,25,29,33-40,42,57,61,70-71,73-77,90H,1-2,7-24,26-28H2,(H,58,78)(H,59,85)(H,60,86)(H,63,87)(H,65,79)(H,66,80)(H,67,89)(H,68,88)(H,81,82)(H,83,84)(H4,55,56,62,69). The largest absolute Gasteiger partial charge is 0.481 e. The molecule has 90 heavy (non-hydrogen) atoms. The second kappa shape index (κ2) is 43.4. The van der Waals surface area contributed by atoms with Crippen molar-refractivity contribution in [1.29, 1.82) is 0 Å². The van der Waals surface area contributed by atoms with E-state index in [-0.39, 0.29) is 113 Å². The Morgan fingerprint density at radius 2 is 1.12 bits per heavy atom. The Morgan fingerprint density at radius 3 is 1.68 bits per heavy atom. The lowest BCUT2D eigenvalue weighted by molar-refractivity contribution is -0.139. The summed E-state index contributed by atoms with van der Waals surface area (Å²) in [5.41, 5.74) is 11.8. The van der Waals surface area contributed by atoms with E-state index in [1.54, 1.807) is 12.1 Å². The Morgan fingerprint density at radius 1 is 0.578 bits per heavy atom. The van der Waals surface area contributed by atoms with Crippen LogP contribution >= 0.6 is 12.6 Å². The van der Waals surface area contributed by atoms with E-state index in [1.165, 1.54) is 18.3 Å². The Balaban J connectivity index is 2.18. The molecule has 8 amide bonds. The molecular weight excluding hydrogens is 1210 g/mol.